The van der Waals surface area contributed by atoms with E-state index in [1.165, 1.54) is 22.6 Å². The Labute approximate surface area is 181 Å². The van der Waals surface area contributed by atoms with Gasteiger partial charge in [0.25, 0.3) is 5.91 Å². The first kappa shape index (κ1) is 22.5. The summed E-state index contributed by atoms with van der Waals surface area (Å²) in [5.74, 6) is -0.395. The molecule has 1 aliphatic rings. The Balaban J connectivity index is 1.99. The summed E-state index contributed by atoms with van der Waals surface area (Å²) in [6, 6.07) is 7.83. The Morgan fingerprint density at radius 1 is 1.20 bits per heavy atom. The number of morpholine rings is 1. The molecule has 0 atom stereocenters. The molecule has 0 spiro atoms. The molecule has 1 aromatic carbocycles. The Hall–Kier alpha value is -2.20. The third-order valence-corrected chi connectivity index (χ3v) is 7.02. The van der Waals surface area contributed by atoms with E-state index < -0.39 is 15.9 Å². The highest BCUT2D eigenvalue weighted by Gasteiger charge is 2.27. The van der Waals surface area contributed by atoms with Crippen molar-refractivity contribution < 1.29 is 17.9 Å². The van der Waals surface area contributed by atoms with E-state index in [4.69, 9.17) is 16.3 Å². The Bertz CT molecular complexity index is 1010. The number of hydrogen-bond donors (Lipinski definition) is 1. The zero-order chi connectivity index (χ0) is 21.7. The zero-order valence-electron chi connectivity index (χ0n) is 17.0. The van der Waals surface area contributed by atoms with Crippen LogP contribution in [-0.4, -0.2) is 63.0 Å². The summed E-state index contributed by atoms with van der Waals surface area (Å²) in [6.45, 7) is 6.74. The molecule has 10 heteroatoms. The first-order valence-corrected chi connectivity index (χ1v) is 11.6. The summed E-state index contributed by atoms with van der Waals surface area (Å²) < 4.78 is 32.8. The van der Waals surface area contributed by atoms with E-state index in [-0.39, 0.29) is 10.0 Å². The molecule has 1 fully saturated rings. The van der Waals surface area contributed by atoms with Crippen LogP contribution in [0.15, 0.2) is 41.4 Å². The lowest BCUT2D eigenvalue weighted by molar-refractivity contribution is 0.0730. The summed E-state index contributed by atoms with van der Waals surface area (Å²) in [7, 11) is -3.70. The van der Waals surface area contributed by atoms with Gasteiger partial charge in [0.05, 0.1) is 29.5 Å². The number of hydrogen-bond acceptors (Lipinski definition) is 6. The predicted octanol–water partition coefficient (Wildman–Crippen LogP) is 2.85. The fourth-order valence-electron chi connectivity index (χ4n) is 3.29. The number of sulfonamides is 1. The van der Waals surface area contributed by atoms with Crippen molar-refractivity contribution in [3.8, 4) is 0 Å². The summed E-state index contributed by atoms with van der Waals surface area (Å²) in [6.07, 6.45) is 1.45. The van der Waals surface area contributed by atoms with Gasteiger partial charge in [0.2, 0.25) is 10.0 Å². The quantitative estimate of drug-likeness (QED) is 0.649. The molecule has 8 nitrogen and oxygen atoms in total. The fraction of sp³-hybridized carbons (Fsp3) is 0.400. The van der Waals surface area contributed by atoms with Crippen LogP contribution in [0.2, 0.25) is 5.15 Å². The second-order valence-electron chi connectivity index (χ2n) is 6.69. The van der Waals surface area contributed by atoms with Crippen molar-refractivity contribution in [1.82, 2.24) is 9.29 Å². The molecule has 0 saturated carbocycles. The van der Waals surface area contributed by atoms with E-state index in [1.54, 1.807) is 18.2 Å². The topological polar surface area (TPSA) is 91.8 Å². The third kappa shape index (κ3) is 4.92. The van der Waals surface area contributed by atoms with Crippen molar-refractivity contribution in [1.29, 1.82) is 0 Å². The van der Waals surface area contributed by atoms with E-state index in [2.05, 4.69) is 10.3 Å². The zero-order valence-corrected chi connectivity index (χ0v) is 18.5. The molecule has 0 radical (unpaired) electrons. The number of aromatic nitrogens is 1. The van der Waals surface area contributed by atoms with Gasteiger partial charge in [0.15, 0.2) is 0 Å². The highest BCUT2D eigenvalue weighted by molar-refractivity contribution is 7.89. The lowest BCUT2D eigenvalue weighted by atomic mass is 10.2. The van der Waals surface area contributed by atoms with Gasteiger partial charge in [-0.15, -0.1) is 0 Å². The smallest absolute Gasteiger partial charge is 0.255 e. The van der Waals surface area contributed by atoms with Gasteiger partial charge in [-0.05, 0) is 44.2 Å². The van der Waals surface area contributed by atoms with Crippen LogP contribution in [-0.2, 0) is 14.8 Å². The molecule has 0 unspecified atom stereocenters. The maximum Gasteiger partial charge on any atom is 0.255 e. The second-order valence-corrected chi connectivity index (χ2v) is 9.01. The van der Waals surface area contributed by atoms with Gasteiger partial charge in [-0.25, -0.2) is 13.4 Å². The molecule has 2 aromatic rings. The number of anilines is 2. The molecule has 30 heavy (non-hydrogen) atoms. The maximum atomic E-state index is 13.1. The van der Waals surface area contributed by atoms with Crippen LogP contribution in [0, 0.1) is 0 Å². The van der Waals surface area contributed by atoms with E-state index in [0.29, 0.717) is 50.6 Å². The predicted molar refractivity (Wildman–Crippen MR) is 117 cm³/mol. The maximum absolute atomic E-state index is 13.1. The minimum absolute atomic E-state index is 0.128. The van der Waals surface area contributed by atoms with Gasteiger partial charge in [0, 0.05) is 37.9 Å². The standard InChI is InChI=1S/C20H25ClN4O4S/c1-3-24(4-2)18-6-5-16(30(27,28)25-9-11-29-12-10-25)14-17(18)23-20(26)15-7-8-22-19(21)13-15/h5-8,13-14H,3-4,9-12H2,1-2H3,(H,23,26). The van der Waals surface area contributed by atoms with Gasteiger partial charge < -0.3 is 15.0 Å². The van der Waals surface area contributed by atoms with Crippen molar-refractivity contribution in [3.05, 3.63) is 47.2 Å². The molecule has 0 bridgehead atoms. The number of ether oxygens (including phenoxy) is 1. The summed E-state index contributed by atoms with van der Waals surface area (Å²) in [5, 5.41) is 3.05. The minimum atomic E-state index is -3.70. The number of rotatable bonds is 7. The average Bonchev–Trinajstić information content (AvgIpc) is 2.76. The van der Waals surface area contributed by atoms with E-state index in [9.17, 15) is 13.2 Å². The summed E-state index contributed by atoms with van der Waals surface area (Å²) in [5.41, 5.74) is 1.50. The molecule has 1 aliphatic heterocycles. The van der Waals surface area contributed by atoms with Gasteiger partial charge in [-0.3, -0.25) is 4.79 Å². The average molecular weight is 453 g/mol. The number of carbonyl (C=O) groups excluding carboxylic acids is 1. The van der Waals surface area contributed by atoms with Crippen LogP contribution >= 0.6 is 11.6 Å². The van der Waals surface area contributed by atoms with Crippen molar-refractivity contribution in [2.45, 2.75) is 18.7 Å². The van der Waals surface area contributed by atoms with Crippen LogP contribution in [0.1, 0.15) is 24.2 Å². The highest BCUT2D eigenvalue weighted by Crippen LogP contribution is 2.31. The molecule has 1 amide bonds. The Kier molecular flexibility index (Phi) is 7.30. The van der Waals surface area contributed by atoms with Crippen molar-refractivity contribution in [2.75, 3.05) is 49.6 Å². The van der Waals surface area contributed by atoms with E-state index >= 15 is 0 Å². The van der Waals surface area contributed by atoms with Crippen LogP contribution in [0.25, 0.3) is 0 Å². The summed E-state index contributed by atoms with van der Waals surface area (Å²) in [4.78, 5) is 18.8. The highest BCUT2D eigenvalue weighted by atomic mass is 35.5. The largest absolute Gasteiger partial charge is 0.379 e. The molecule has 3 rings (SSSR count). The molecule has 2 heterocycles. The second kappa shape index (κ2) is 9.74. The van der Waals surface area contributed by atoms with Crippen LogP contribution < -0.4 is 10.2 Å². The SMILES string of the molecule is CCN(CC)c1ccc(S(=O)(=O)N2CCOCC2)cc1NC(=O)c1ccnc(Cl)c1. The third-order valence-electron chi connectivity index (χ3n) is 4.92. The van der Waals surface area contributed by atoms with E-state index in [1.807, 2.05) is 18.7 Å². The van der Waals surface area contributed by atoms with Crippen molar-refractivity contribution in [3.63, 3.8) is 0 Å². The number of carbonyl (C=O) groups is 1. The molecular weight excluding hydrogens is 428 g/mol. The number of halogens is 1. The van der Waals surface area contributed by atoms with Gasteiger partial charge in [0.1, 0.15) is 5.15 Å². The molecular formula is C20H25ClN4O4S. The van der Waals surface area contributed by atoms with Crippen molar-refractivity contribution >= 4 is 38.9 Å². The lowest BCUT2D eigenvalue weighted by Gasteiger charge is -2.28. The van der Waals surface area contributed by atoms with E-state index in [0.717, 1.165) is 5.69 Å². The van der Waals surface area contributed by atoms with Crippen LogP contribution in [0.3, 0.4) is 0 Å². The molecule has 0 aliphatic carbocycles. The minimum Gasteiger partial charge on any atom is -0.379 e. The normalized spacial score (nSPS) is 15.0. The Morgan fingerprint density at radius 3 is 2.53 bits per heavy atom. The van der Waals surface area contributed by atoms with Gasteiger partial charge in [-0.1, -0.05) is 11.6 Å². The molecule has 1 saturated heterocycles. The number of pyridine rings is 1. The van der Waals surface area contributed by atoms with Gasteiger partial charge >= 0.3 is 0 Å². The summed E-state index contributed by atoms with van der Waals surface area (Å²) >= 11 is 5.90. The fourth-order valence-corrected chi connectivity index (χ4v) is 4.90. The number of nitrogens with zero attached hydrogens (tertiary/aromatic N) is 3. The Morgan fingerprint density at radius 2 is 1.90 bits per heavy atom. The monoisotopic (exact) mass is 452 g/mol. The molecule has 1 N–H and O–H groups in total. The molecule has 1 aromatic heterocycles. The molecule has 162 valence electrons. The lowest BCUT2D eigenvalue weighted by Crippen LogP contribution is -2.40. The number of benzene rings is 1. The number of amides is 1. The van der Waals surface area contributed by atoms with Crippen molar-refractivity contribution in [2.24, 2.45) is 0 Å². The number of nitrogens with one attached hydrogen (secondary N) is 1. The van der Waals surface area contributed by atoms with Crippen LogP contribution in [0.5, 0.6) is 0 Å². The first-order chi connectivity index (χ1) is 14.4. The first-order valence-electron chi connectivity index (χ1n) is 9.76. The van der Waals surface area contributed by atoms with Gasteiger partial charge in [-0.2, -0.15) is 4.31 Å². The van der Waals surface area contributed by atoms with Crippen LogP contribution in [0.4, 0.5) is 11.4 Å².